The minimum Gasteiger partial charge on any atom is -0.493 e. The van der Waals surface area contributed by atoms with Gasteiger partial charge in [0.25, 0.3) is 5.91 Å². The minimum atomic E-state index is -4.76. The van der Waals surface area contributed by atoms with Gasteiger partial charge in [-0.3, -0.25) is 4.79 Å². The monoisotopic (exact) mass is 341 g/mol. The third kappa shape index (κ3) is 5.38. The van der Waals surface area contributed by atoms with Crippen LogP contribution in [0.25, 0.3) is 0 Å². The fraction of sp³-hybridized carbons (Fsp3) is 0.188. The van der Waals surface area contributed by atoms with Crippen LogP contribution in [-0.4, -0.2) is 26.0 Å². The van der Waals surface area contributed by atoms with Crippen LogP contribution in [0.3, 0.4) is 0 Å². The van der Waals surface area contributed by atoms with E-state index in [1.165, 1.54) is 19.2 Å². The van der Waals surface area contributed by atoms with Crippen LogP contribution in [0.1, 0.15) is 0 Å². The molecule has 1 N–H and O–H groups in total. The molecule has 0 aliphatic heterocycles. The number of methoxy groups -OCH3 is 1. The number of hydrogen-bond donors (Lipinski definition) is 1. The Morgan fingerprint density at radius 3 is 2.25 bits per heavy atom. The zero-order chi connectivity index (χ0) is 17.6. The molecule has 8 heteroatoms. The predicted octanol–water partition coefficient (Wildman–Crippen LogP) is 3.61. The van der Waals surface area contributed by atoms with Gasteiger partial charge in [0.05, 0.1) is 7.11 Å². The summed E-state index contributed by atoms with van der Waals surface area (Å²) >= 11 is 0. The smallest absolute Gasteiger partial charge is 0.493 e. The molecule has 0 aliphatic carbocycles. The summed E-state index contributed by atoms with van der Waals surface area (Å²) in [4.78, 5) is 11.8. The molecule has 0 aromatic heterocycles. The van der Waals surface area contributed by atoms with E-state index >= 15 is 0 Å². The lowest BCUT2D eigenvalue weighted by atomic mass is 10.3. The second kappa shape index (κ2) is 7.58. The van der Waals surface area contributed by atoms with E-state index in [-0.39, 0.29) is 12.4 Å². The van der Waals surface area contributed by atoms with Crippen molar-refractivity contribution in [2.45, 2.75) is 6.36 Å². The Labute approximate surface area is 135 Å². The van der Waals surface area contributed by atoms with Crippen LogP contribution < -0.4 is 19.5 Å². The summed E-state index contributed by atoms with van der Waals surface area (Å²) in [6, 6.07) is 11.6. The Balaban J connectivity index is 1.88. The summed E-state index contributed by atoms with van der Waals surface area (Å²) in [7, 11) is 1.48. The number of carbonyl (C=O) groups excluding carboxylic acids is 1. The molecule has 128 valence electrons. The van der Waals surface area contributed by atoms with Crippen LogP contribution in [0.15, 0.2) is 48.5 Å². The van der Waals surface area contributed by atoms with Gasteiger partial charge in [0, 0.05) is 5.69 Å². The molecular weight excluding hydrogens is 327 g/mol. The molecule has 2 rings (SSSR count). The average Bonchev–Trinajstić information content (AvgIpc) is 2.53. The maximum Gasteiger partial charge on any atom is 0.573 e. The lowest BCUT2D eigenvalue weighted by Gasteiger charge is -2.11. The number of amides is 1. The van der Waals surface area contributed by atoms with Crippen LogP contribution in [0.2, 0.25) is 0 Å². The number of hydrogen-bond acceptors (Lipinski definition) is 4. The number of rotatable bonds is 6. The average molecular weight is 341 g/mol. The Kier molecular flexibility index (Phi) is 5.51. The van der Waals surface area contributed by atoms with Crippen LogP contribution in [0.5, 0.6) is 17.2 Å². The van der Waals surface area contributed by atoms with Crippen molar-refractivity contribution in [1.29, 1.82) is 0 Å². The molecule has 0 radical (unpaired) electrons. The van der Waals surface area contributed by atoms with Gasteiger partial charge in [0.2, 0.25) is 0 Å². The summed E-state index contributed by atoms with van der Waals surface area (Å²) < 4.78 is 50.3. The van der Waals surface area contributed by atoms with Gasteiger partial charge in [0.1, 0.15) is 5.75 Å². The Hall–Kier alpha value is -2.90. The van der Waals surface area contributed by atoms with Gasteiger partial charge >= 0.3 is 6.36 Å². The van der Waals surface area contributed by atoms with Crippen molar-refractivity contribution in [1.82, 2.24) is 0 Å². The Morgan fingerprint density at radius 1 is 1.04 bits per heavy atom. The largest absolute Gasteiger partial charge is 0.573 e. The van der Waals surface area contributed by atoms with Gasteiger partial charge in [-0.25, -0.2) is 0 Å². The van der Waals surface area contributed by atoms with Crippen molar-refractivity contribution in [3.05, 3.63) is 48.5 Å². The van der Waals surface area contributed by atoms with Gasteiger partial charge in [0.15, 0.2) is 18.1 Å². The van der Waals surface area contributed by atoms with Crippen molar-refractivity contribution < 1.29 is 32.2 Å². The molecule has 0 aliphatic rings. The lowest BCUT2D eigenvalue weighted by molar-refractivity contribution is -0.274. The third-order valence-electron chi connectivity index (χ3n) is 2.80. The summed E-state index contributed by atoms with van der Waals surface area (Å²) in [5.74, 6) is 0.0548. The summed E-state index contributed by atoms with van der Waals surface area (Å²) in [6.07, 6.45) is -4.76. The normalized spacial score (nSPS) is 10.8. The van der Waals surface area contributed by atoms with E-state index in [4.69, 9.17) is 9.47 Å². The Morgan fingerprint density at radius 2 is 1.67 bits per heavy atom. The first kappa shape index (κ1) is 17.5. The molecule has 0 fully saturated rings. The van der Waals surface area contributed by atoms with E-state index in [1.807, 2.05) is 0 Å². The van der Waals surface area contributed by atoms with Crippen LogP contribution >= 0.6 is 0 Å². The van der Waals surface area contributed by atoms with E-state index < -0.39 is 12.3 Å². The molecule has 0 spiro atoms. The molecule has 0 saturated heterocycles. The van der Waals surface area contributed by atoms with E-state index in [0.29, 0.717) is 17.2 Å². The minimum absolute atomic E-state index is 0.277. The maximum atomic E-state index is 12.1. The summed E-state index contributed by atoms with van der Waals surface area (Å²) in [5.41, 5.74) is 0.318. The molecular formula is C16H14F3NO4. The number of carbonyl (C=O) groups is 1. The van der Waals surface area contributed by atoms with Gasteiger partial charge in [-0.2, -0.15) is 0 Å². The number of nitrogens with one attached hydrogen (secondary N) is 1. The highest BCUT2D eigenvalue weighted by molar-refractivity contribution is 5.91. The van der Waals surface area contributed by atoms with Crippen molar-refractivity contribution in [2.24, 2.45) is 0 Å². The first-order valence-electron chi connectivity index (χ1n) is 6.79. The molecule has 5 nitrogen and oxygen atoms in total. The summed E-state index contributed by atoms with van der Waals surface area (Å²) in [5, 5.41) is 2.50. The third-order valence-corrected chi connectivity index (χ3v) is 2.80. The van der Waals surface area contributed by atoms with Crippen LogP contribution in [0, 0.1) is 0 Å². The quantitative estimate of drug-likeness (QED) is 0.872. The topological polar surface area (TPSA) is 56.8 Å². The van der Waals surface area contributed by atoms with Crippen LogP contribution in [0.4, 0.5) is 18.9 Å². The number of alkyl halides is 3. The molecule has 0 bridgehead atoms. The van der Waals surface area contributed by atoms with Gasteiger partial charge in [-0.15, -0.1) is 13.2 Å². The van der Waals surface area contributed by atoms with E-state index in [0.717, 1.165) is 12.1 Å². The van der Waals surface area contributed by atoms with Crippen molar-refractivity contribution in [3.63, 3.8) is 0 Å². The molecule has 2 aromatic rings. The fourth-order valence-corrected chi connectivity index (χ4v) is 1.82. The first-order chi connectivity index (χ1) is 11.4. The number of anilines is 1. The Bertz CT molecular complexity index is 686. The molecule has 0 heterocycles. The standard InChI is InChI=1S/C16H14F3NO4/c1-22-13-4-2-3-5-14(13)23-10-15(21)20-11-6-8-12(9-7-11)24-16(17,18)19/h2-9H,10H2,1H3,(H,20,21). The van der Waals surface area contributed by atoms with Gasteiger partial charge in [-0.1, -0.05) is 12.1 Å². The van der Waals surface area contributed by atoms with Gasteiger partial charge in [-0.05, 0) is 36.4 Å². The molecule has 0 atom stereocenters. The predicted molar refractivity (Wildman–Crippen MR) is 80.2 cm³/mol. The molecule has 1 amide bonds. The molecule has 24 heavy (non-hydrogen) atoms. The highest BCUT2D eigenvalue weighted by Crippen LogP contribution is 2.26. The molecule has 0 saturated carbocycles. The van der Waals surface area contributed by atoms with Crippen molar-refractivity contribution in [2.75, 3.05) is 19.0 Å². The molecule has 2 aromatic carbocycles. The fourth-order valence-electron chi connectivity index (χ4n) is 1.82. The zero-order valence-corrected chi connectivity index (χ0v) is 12.6. The van der Waals surface area contributed by atoms with Crippen molar-refractivity contribution >= 4 is 11.6 Å². The number of halogens is 3. The van der Waals surface area contributed by atoms with E-state index in [9.17, 15) is 18.0 Å². The summed E-state index contributed by atoms with van der Waals surface area (Å²) in [6.45, 7) is -0.277. The molecule has 0 unspecified atom stereocenters. The maximum absolute atomic E-state index is 12.1. The number of para-hydroxylation sites is 2. The lowest BCUT2D eigenvalue weighted by Crippen LogP contribution is -2.20. The second-order valence-electron chi connectivity index (χ2n) is 4.56. The van der Waals surface area contributed by atoms with Crippen molar-refractivity contribution in [3.8, 4) is 17.2 Å². The van der Waals surface area contributed by atoms with E-state index in [2.05, 4.69) is 10.1 Å². The second-order valence-corrected chi connectivity index (χ2v) is 4.56. The highest BCUT2D eigenvalue weighted by atomic mass is 19.4. The van der Waals surface area contributed by atoms with Crippen LogP contribution in [-0.2, 0) is 4.79 Å². The first-order valence-corrected chi connectivity index (χ1v) is 6.79. The highest BCUT2D eigenvalue weighted by Gasteiger charge is 2.30. The zero-order valence-electron chi connectivity index (χ0n) is 12.6. The number of ether oxygens (including phenoxy) is 3. The SMILES string of the molecule is COc1ccccc1OCC(=O)Nc1ccc(OC(F)(F)F)cc1. The number of benzene rings is 2. The van der Waals surface area contributed by atoms with E-state index in [1.54, 1.807) is 24.3 Å². The van der Waals surface area contributed by atoms with Gasteiger partial charge < -0.3 is 19.5 Å².